The predicted octanol–water partition coefficient (Wildman–Crippen LogP) is 2.16. The zero-order valence-electron chi connectivity index (χ0n) is 9.56. The van der Waals surface area contributed by atoms with Gasteiger partial charge in [-0.25, -0.2) is 9.37 Å². The summed E-state index contributed by atoms with van der Waals surface area (Å²) >= 11 is 0. The zero-order valence-corrected chi connectivity index (χ0v) is 9.56. The molecule has 0 saturated heterocycles. The second-order valence-corrected chi connectivity index (χ2v) is 3.93. The molecule has 0 fully saturated rings. The summed E-state index contributed by atoms with van der Waals surface area (Å²) in [5, 5.41) is 0. The summed E-state index contributed by atoms with van der Waals surface area (Å²) in [4.78, 5) is 15.0. The summed E-state index contributed by atoms with van der Waals surface area (Å²) in [5.74, 6) is -0.236. The van der Waals surface area contributed by atoms with Crippen LogP contribution in [-0.2, 0) is 19.9 Å². The molecule has 0 amide bonds. The van der Waals surface area contributed by atoms with Gasteiger partial charge in [-0.15, -0.1) is 0 Å². The monoisotopic (exact) mass is 232 g/mol. The number of aromatic nitrogens is 2. The summed E-state index contributed by atoms with van der Waals surface area (Å²) in [6, 6.07) is 6.38. The molecule has 0 N–H and O–H groups in total. The normalized spacial score (nSPS) is 10.5. The summed E-state index contributed by atoms with van der Waals surface area (Å²) in [6.45, 7) is 0. The third-order valence-electron chi connectivity index (χ3n) is 2.74. The van der Waals surface area contributed by atoms with Crippen molar-refractivity contribution in [2.45, 2.75) is 12.8 Å². The molecule has 0 saturated carbocycles. The van der Waals surface area contributed by atoms with E-state index in [1.54, 1.807) is 30.1 Å². The molecule has 2 aromatic rings. The first-order valence-corrected chi connectivity index (χ1v) is 5.40. The molecule has 0 bridgehead atoms. The van der Waals surface area contributed by atoms with E-state index in [1.165, 1.54) is 12.1 Å². The Kier molecular flexibility index (Phi) is 3.32. The van der Waals surface area contributed by atoms with Crippen LogP contribution in [0.4, 0.5) is 4.39 Å². The van der Waals surface area contributed by atoms with Gasteiger partial charge in [0.25, 0.3) is 0 Å². The van der Waals surface area contributed by atoms with E-state index in [1.807, 2.05) is 0 Å². The lowest BCUT2D eigenvalue weighted by Crippen LogP contribution is -1.99. The molecule has 0 spiro atoms. The van der Waals surface area contributed by atoms with Gasteiger partial charge in [0.05, 0.1) is 12.0 Å². The third-order valence-corrected chi connectivity index (χ3v) is 2.74. The second kappa shape index (κ2) is 4.91. The molecule has 1 aromatic carbocycles. The number of nitrogens with zero attached hydrogens (tertiary/aromatic N) is 2. The van der Waals surface area contributed by atoms with E-state index in [2.05, 4.69) is 4.98 Å². The van der Waals surface area contributed by atoms with Gasteiger partial charge in [-0.05, 0) is 30.5 Å². The molecule has 0 atom stereocenters. The molecule has 4 heteroatoms. The molecule has 1 aromatic heterocycles. The number of benzene rings is 1. The Balaban J connectivity index is 2.07. The van der Waals surface area contributed by atoms with E-state index in [0.29, 0.717) is 12.1 Å². The predicted molar refractivity (Wildman–Crippen MR) is 62.4 cm³/mol. The number of imidazole rings is 1. The van der Waals surface area contributed by atoms with Crippen LogP contribution in [0.5, 0.6) is 0 Å². The van der Waals surface area contributed by atoms with Crippen molar-refractivity contribution in [1.29, 1.82) is 0 Å². The topological polar surface area (TPSA) is 34.9 Å². The number of carbonyl (C=O) groups excluding carboxylic acids is 1. The van der Waals surface area contributed by atoms with Crippen LogP contribution in [-0.4, -0.2) is 15.8 Å². The third kappa shape index (κ3) is 2.58. The van der Waals surface area contributed by atoms with E-state index >= 15 is 0 Å². The summed E-state index contributed by atoms with van der Waals surface area (Å²) in [7, 11) is 1.79. The molecule has 0 radical (unpaired) electrons. The largest absolute Gasteiger partial charge is 0.331 e. The fraction of sp³-hybridized carbons (Fsp3) is 0.231. The van der Waals surface area contributed by atoms with Crippen molar-refractivity contribution in [2.24, 2.45) is 7.05 Å². The Morgan fingerprint density at radius 2 is 2.00 bits per heavy atom. The minimum absolute atomic E-state index is 0.236. The molecule has 17 heavy (non-hydrogen) atoms. The van der Waals surface area contributed by atoms with Crippen molar-refractivity contribution in [2.75, 3.05) is 0 Å². The van der Waals surface area contributed by atoms with Crippen LogP contribution in [0.15, 0.2) is 30.6 Å². The van der Waals surface area contributed by atoms with E-state index in [9.17, 15) is 9.18 Å². The summed E-state index contributed by atoms with van der Waals surface area (Å²) in [6.07, 6.45) is 3.87. The Morgan fingerprint density at radius 1 is 1.29 bits per heavy atom. The lowest BCUT2D eigenvalue weighted by atomic mass is 10.1. The molecule has 0 unspecified atom stereocenters. The maximum Gasteiger partial charge on any atom is 0.168 e. The van der Waals surface area contributed by atoms with Gasteiger partial charge >= 0.3 is 0 Å². The minimum atomic E-state index is -0.236. The lowest BCUT2D eigenvalue weighted by Gasteiger charge is -2.01. The molecule has 1 heterocycles. The minimum Gasteiger partial charge on any atom is -0.331 e. The maximum atomic E-state index is 12.7. The highest BCUT2D eigenvalue weighted by Gasteiger charge is 2.07. The average molecular weight is 232 g/mol. The first-order valence-electron chi connectivity index (χ1n) is 5.40. The van der Waals surface area contributed by atoms with Crippen LogP contribution in [0.3, 0.4) is 0 Å². The standard InChI is InChI=1S/C13H13FN2O/c1-16-9-15-12(13(16)8-17)7-4-10-2-5-11(14)6-3-10/h2-3,5-6,8-9H,4,7H2,1H3. The van der Waals surface area contributed by atoms with Crippen molar-refractivity contribution in [1.82, 2.24) is 9.55 Å². The first kappa shape index (κ1) is 11.5. The van der Waals surface area contributed by atoms with E-state index < -0.39 is 0 Å². The highest BCUT2D eigenvalue weighted by molar-refractivity contribution is 5.73. The number of rotatable bonds is 4. The quantitative estimate of drug-likeness (QED) is 0.757. The highest BCUT2D eigenvalue weighted by atomic mass is 19.1. The van der Waals surface area contributed by atoms with Crippen molar-refractivity contribution in [3.8, 4) is 0 Å². The number of halogens is 1. The highest BCUT2D eigenvalue weighted by Crippen LogP contribution is 2.10. The van der Waals surface area contributed by atoms with Crippen LogP contribution >= 0.6 is 0 Å². The zero-order chi connectivity index (χ0) is 12.3. The van der Waals surface area contributed by atoms with Crippen LogP contribution in [0.1, 0.15) is 21.7 Å². The number of hydrogen-bond acceptors (Lipinski definition) is 2. The van der Waals surface area contributed by atoms with Gasteiger partial charge in [0.2, 0.25) is 0 Å². The summed E-state index contributed by atoms with van der Waals surface area (Å²) < 4.78 is 14.4. The van der Waals surface area contributed by atoms with Gasteiger partial charge < -0.3 is 4.57 Å². The summed E-state index contributed by atoms with van der Waals surface area (Å²) in [5.41, 5.74) is 2.42. The number of aryl methyl sites for hydroxylation is 3. The number of aldehydes is 1. The van der Waals surface area contributed by atoms with Crippen LogP contribution in [0.2, 0.25) is 0 Å². The molecular formula is C13H13FN2O. The molecule has 0 aliphatic carbocycles. The van der Waals surface area contributed by atoms with Crippen LogP contribution in [0, 0.1) is 5.82 Å². The Bertz CT molecular complexity index is 517. The molecule has 88 valence electrons. The fourth-order valence-corrected chi connectivity index (χ4v) is 1.75. The SMILES string of the molecule is Cn1cnc(CCc2ccc(F)cc2)c1C=O. The molecular weight excluding hydrogens is 219 g/mol. The smallest absolute Gasteiger partial charge is 0.168 e. The van der Waals surface area contributed by atoms with Gasteiger partial charge in [0, 0.05) is 7.05 Å². The second-order valence-electron chi connectivity index (χ2n) is 3.93. The number of hydrogen-bond donors (Lipinski definition) is 0. The van der Waals surface area contributed by atoms with Gasteiger partial charge in [0.15, 0.2) is 6.29 Å². The maximum absolute atomic E-state index is 12.7. The van der Waals surface area contributed by atoms with E-state index in [4.69, 9.17) is 0 Å². The Morgan fingerprint density at radius 3 is 2.65 bits per heavy atom. The molecule has 0 aliphatic heterocycles. The van der Waals surface area contributed by atoms with Crippen molar-refractivity contribution in [3.63, 3.8) is 0 Å². The molecule has 0 aliphatic rings. The van der Waals surface area contributed by atoms with Crippen LogP contribution < -0.4 is 0 Å². The van der Waals surface area contributed by atoms with Crippen LogP contribution in [0.25, 0.3) is 0 Å². The lowest BCUT2D eigenvalue weighted by molar-refractivity contribution is 0.111. The van der Waals surface area contributed by atoms with E-state index in [0.717, 1.165) is 24.0 Å². The molecule has 2 rings (SSSR count). The van der Waals surface area contributed by atoms with Gasteiger partial charge in [-0.3, -0.25) is 4.79 Å². The average Bonchev–Trinajstić information content (AvgIpc) is 2.69. The Hall–Kier alpha value is -1.97. The van der Waals surface area contributed by atoms with E-state index in [-0.39, 0.29) is 5.82 Å². The van der Waals surface area contributed by atoms with Gasteiger partial charge in [-0.1, -0.05) is 12.1 Å². The fourth-order valence-electron chi connectivity index (χ4n) is 1.75. The van der Waals surface area contributed by atoms with Gasteiger partial charge in [0.1, 0.15) is 11.5 Å². The first-order chi connectivity index (χ1) is 8.20. The Labute approximate surface area is 98.9 Å². The molecule has 3 nitrogen and oxygen atoms in total. The van der Waals surface area contributed by atoms with Crippen molar-refractivity contribution in [3.05, 3.63) is 53.4 Å². The number of carbonyl (C=O) groups is 1. The van der Waals surface area contributed by atoms with Gasteiger partial charge in [-0.2, -0.15) is 0 Å². The van der Waals surface area contributed by atoms with Crippen molar-refractivity contribution < 1.29 is 9.18 Å². The van der Waals surface area contributed by atoms with Crippen molar-refractivity contribution >= 4 is 6.29 Å².